The van der Waals surface area contributed by atoms with Gasteiger partial charge in [0.05, 0.1) is 0 Å². The number of nitrogens with zero attached hydrogens (tertiary/aromatic N) is 3. The Balaban J connectivity index is 1.93. The number of nitriles is 1. The summed E-state index contributed by atoms with van der Waals surface area (Å²) in [6, 6.07) is 1.97. The van der Waals surface area contributed by atoms with Crippen molar-refractivity contribution in [3.63, 3.8) is 0 Å². The van der Waals surface area contributed by atoms with Gasteiger partial charge in [0, 0.05) is 0 Å². The van der Waals surface area contributed by atoms with Crippen LogP contribution in [-0.2, 0) is 19.7 Å². The van der Waals surface area contributed by atoms with Gasteiger partial charge in [-0.05, 0) is 0 Å². The zero-order chi connectivity index (χ0) is 21.0. The van der Waals surface area contributed by atoms with Crippen LogP contribution in [0.25, 0.3) is 0 Å². The van der Waals surface area contributed by atoms with Crippen molar-refractivity contribution in [1.29, 1.82) is 5.26 Å². The quantitative estimate of drug-likeness (QED) is 0.236. The molecular formula is C16H17BBrIN4O4S2. The maximum absolute atomic E-state index is 13.3. The van der Waals surface area contributed by atoms with E-state index in [0.29, 0.717) is 31.0 Å². The molecule has 29 heavy (non-hydrogen) atoms. The van der Waals surface area contributed by atoms with Gasteiger partial charge in [-0.25, -0.2) is 0 Å². The van der Waals surface area contributed by atoms with Crippen LogP contribution in [0.5, 0.6) is 0 Å². The van der Waals surface area contributed by atoms with Crippen molar-refractivity contribution < 1.29 is 19.0 Å². The van der Waals surface area contributed by atoms with E-state index in [1.54, 1.807) is 27.1 Å². The normalized spacial score (nSPS) is 25.2. The van der Waals surface area contributed by atoms with Crippen LogP contribution in [-0.4, -0.2) is 73.6 Å². The second-order valence-corrected chi connectivity index (χ2v) is 10.9. The molecule has 0 aliphatic carbocycles. The van der Waals surface area contributed by atoms with Gasteiger partial charge in [-0.1, -0.05) is 0 Å². The Labute approximate surface area is 197 Å². The second-order valence-electron chi connectivity index (χ2n) is 6.53. The molecule has 8 nitrogen and oxygen atoms in total. The van der Waals surface area contributed by atoms with Gasteiger partial charge in [-0.2, -0.15) is 0 Å². The molecule has 2 amide bonds. The van der Waals surface area contributed by atoms with Gasteiger partial charge in [0.1, 0.15) is 0 Å². The molecule has 0 aromatic carbocycles. The van der Waals surface area contributed by atoms with Crippen LogP contribution >= 0.6 is 57.4 Å². The summed E-state index contributed by atoms with van der Waals surface area (Å²) >= 11 is 7.16. The molecule has 154 valence electrons. The molecule has 13 heteroatoms. The summed E-state index contributed by atoms with van der Waals surface area (Å²) in [6.07, 6.45) is 1.18. The molecule has 2 aliphatic heterocycles. The van der Waals surface area contributed by atoms with E-state index < -0.39 is 17.6 Å². The van der Waals surface area contributed by atoms with E-state index >= 15 is 0 Å². The summed E-state index contributed by atoms with van der Waals surface area (Å²) in [5.41, 5.74) is -0.199. The van der Waals surface area contributed by atoms with Crippen LogP contribution < -0.4 is 5.32 Å². The van der Waals surface area contributed by atoms with Crippen molar-refractivity contribution in [1.82, 2.24) is 15.1 Å². The number of likely N-dealkylation sites (N-methyl/N-ethyl adjacent to an activating group) is 1. The van der Waals surface area contributed by atoms with Gasteiger partial charge >= 0.3 is 199 Å². The summed E-state index contributed by atoms with van der Waals surface area (Å²) in [5.74, 6) is 0.0579. The van der Waals surface area contributed by atoms with E-state index in [1.165, 1.54) is 23.4 Å². The molecule has 1 aromatic rings. The summed E-state index contributed by atoms with van der Waals surface area (Å²) in [7, 11) is 4.50. The van der Waals surface area contributed by atoms with Crippen molar-refractivity contribution in [2.45, 2.75) is 5.54 Å². The van der Waals surface area contributed by atoms with Crippen molar-refractivity contribution in [2.75, 3.05) is 39.0 Å². The third-order valence-electron chi connectivity index (χ3n) is 4.98. The molecule has 1 N–H and O–H groups in total. The maximum atomic E-state index is 13.3. The van der Waals surface area contributed by atoms with E-state index in [0.717, 1.165) is 9.35 Å². The van der Waals surface area contributed by atoms with Gasteiger partial charge in [-0.15, -0.1) is 0 Å². The van der Waals surface area contributed by atoms with E-state index in [1.807, 2.05) is 11.4 Å². The Bertz CT molecular complexity index is 866. The monoisotopic (exact) mass is 610 g/mol. The number of ether oxygens (including phenoxy) is 1. The summed E-state index contributed by atoms with van der Waals surface area (Å²) in [4.78, 5) is 30.0. The van der Waals surface area contributed by atoms with Crippen LogP contribution in [0.2, 0.25) is 0 Å². The average molecular weight is 611 g/mol. The number of rotatable bonds is 5. The number of hydrogen-bond donors (Lipinski definition) is 1. The molecule has 0 spiro atoms. The number of fused-ring (bicyclic) bond motifs is 1. The van der Waals surface area contributed by atoms with Gasteiger partial charge in [0.2, 0.25) is 0 Å². The zero-order valence-electron chi connectivity index (χ0n) is 15.4. The number of thiophene rings is 1. The standard InChI is InChI=1S/C16H17BBrIN4O4S2/c1-22-13(17-27-9-20)5-21-16(12-4-10(18)7-28-12)8-23(6-11(16)14(22)24)15(25)26-2-3-29-19/h4,7,11,21H,2-3,5-6,8H2,1H3. The van der Waals surface area contributed by atoms with Crippen LogP contribution in [0, 0.1) is 17.4 Å². The first-order chi connectivity index (χ1) is 13.9. The minimum atomic E-state index is -0.749. The van der Waals surface area contributed by atoms with Gasteiger partial charge < -0.3 is 0 Å². The molecule has 0 saturated carbocycles. The number of carbonyl (C=O) groups is 2. The van der Waals surface area contributed by atoms with E-state index in [4.69, 9.17) is 14.7 Å². The molecule has 2 aliphatic rings. The van der Waals surface area contributed by atoms with Gasteiger partial charge in [0.15, 0.2) is 0 Å². The van der Waals surface area contributed by atoms with Crippen LogP contribution in [0.4, 0.5) is 4.79 Å². The van der Waals surface area contributed by atoms with E-state index in [2.05, 4.69) is 42.5 Å². The Kier molecular flexibility index (Phi) is 7.88. The Morgan fingerprint density at radius 3 is 3.10 bits per heavy atom. The van der Waals surface area contributed by atoms with Gasteiger partial charge in [-0.3, -0.25) is 0 Å². The molecule has 2 saturated heterocycles. The predicted octanol–water partition coefficient (Wildman–Crippen LogP) is 2.17. The first-order valence-electron chi connectivity index (χ1n) is 8.59. The molecule has 3 rings (SSSR count). The number of nitrogens with one attached hydrogen (secondary N) is 1. The fraction of sp³-hybridized carbons (Fsp3) is 0.500. The fourth-order valence-corrected chi connectivity index (χ4v) is 5.89. The Hall–Kier alpha value is -0.815. The molecule has 2 fully saturated rings. The molecule has 3 heterocycles. The molecule has 2 atom stereocenters. The predicted molar refractivity (Wildman–Crippen MR) is 125 cm³/mol. The summed E-state index contributed by atoms with van der Waals surface area (Å²) < 4.78 is 11.0. The summed E-state index contributed by atoms with van der Waals surface area (Å²) in [6.45, 7) is 1.19. The minimum absolute atomic E-state index is 0.148. The molecule has 1 aromatic heterocycles. The zero-order valence-corrected chi connectivity index (χ0v) is 20.8. The average Bonchev–Trinajstić information content (AvgIpc) is 3.30. The Morgan fingerprint density at radius 1 is 1.66 bits per heavy atom. The third kappa shape index (κ3) is 4.76. The molecule has 0 radical (unpaired) electrons. The van der Waals surface area contributed by atoms with Crippen LogP contribution in [0.1, 0.15) is 4.88 Å². The SMILES string of the molecule is CN1C(=O)C2CN(C(=O)OCCSI)CC2(c2cc(Br)cs2)NCC1=BOC#N. The van der Waals surface area contributed by atoms with Crippen molar-refractivity contribution in [3.8, 4) is 6.26 Å². The van der Waals surface area contributed by atoms with Crippen LogP contribution in [0.15, 0.2) is 15.9 Å². The number of carbonyl (C=O) groups excluding carboxylic acids is 2. The molecule has 0 bridgehead atoms. The first kappa shape index (κ1) is 22.9. The Morgan fingerprint density at radius 2 is 2.45 bits per heavy atom. The van der Waals surface area contributed by atoms with E-state index in [-0.39, 0.29) is 12.5 Å². The molecular weight excluding hydrogens is 594 g/mol. The number of likely N-dealkylation sites (tertiary alicyclic amines) is 1. The summed E-state index contributed by atoms with van der Waals surface area (Å²) in [5, 5.41) is 14.1. The van der Waals surface area contributed by atoms with Gasteiger partial charge in [0.25, 0.3) is 0 Å². The topological polar surface area (TPSA) is 94.9 Å². The number of halogens is 2. The number of amides is 2. The first-order valence-corrected chi connectivity index (χ1v) is 13.8. The number of hydrogen-bond acceptors (Lipinski definition) is 8. The third-order valence-corrected chi connectivity index (χ3v) is 8.49. The van der Waals surface area contributed by atoms with E-state index in [9.17, 15) is 9.59 Å². The second kappa shape index (κ2) is 9.99. The van der Waals surface area contributed by atoms with Crippen molar-refractivity contribution in [3.05, 3.63) is 20.8 Å². The van der Waals surface area contributed by atoms with Crippen molar-refractivity contribution >= 4 is 82.1 Å². The molecule has 2 unspecified atom stereocenters. The van der Waals surface area contributed by atoms with Crippen LogP contribution in [0.3, 0.4) is 0 Å². The van der Waals surface area contributed by atoms with Crippen molar-refractivity contribution in [2.24, 2.45) is 5.92 Å². The fourth-order valence-electron chi connectivity index (χ4n) is 3.55.